The Kier molecular flexibility index (Phi) is 3.65. The second-order valence-electron chi connectivity index (χ2n) is 6.00. The summed E-state index contributed by atoms with van der Waals surface area (Å²) >= 11 is 0. The molecule has 0 saturated carbocycles. The minimum atomic E-state index is 0.798. The Balaban J connectivity index is 1.59. The fourth-order valence-electron chi connectivity index (χ4n) is 3.08. The van der Waals surface area contributed by atoms with Gasteiger partial charge < -0.3 is 4.57 Å². The Morgan fingerprint density at radius 1 is 0.958 bits per heavy atom. The molecule has 0 aliphatic rings. The molecule has 4 aromatic rings. The molecular weight excluding hydrogens is 296 g/mol. The number of para-hydroxylation sites is 1. The molecular formula is C20H20N4. The van der Waals surface area contributed by atoms with E-state index in [1.807, 2.05) is 11.6 Å². The van der Waals surface area contributed by atoms with E-state index in [2.05, 4.69) is 82.4 Å². The zero-order chi connectivity index (χ0) is 16.5. The van der Waals surface area contributed by atoms with Crippen LogP contribution >= 0.6 is 0 Å². The van der Waals surface area contributed by atoms with Gasteiger partial charge in [-0.15, -0.1) is 0 Å². The highest BCUT2D eigenvalue weighted by Crippen LogP contribution is 2.20. The summed E-state index contributed by atoms with van der Waals surface area (Å²) in [6.07, 6.45) is 2.15. The van der Waals surface area contributed by atoms with E-state index in [-0.39, 0.29) is 0 Å². The van der Waals surface area contributed by atoms with Gasteiger partial charge in [0.15, 0.2) is 5.82 Å². The summed E-state index contributed by atoms with van der Waals surface area (Å²) in [7, 11) is 0. The number of nitrogens with zero attached hydrogens (tertiary/aromatic N) is 4. The average Bonchev–Trinajstić information content (AvgIpc) is 3.19. The predicted molar refractivity (Wildman–Crippen MR) is 96.9 cm³/mol. The summed E-state index contributed by atoms with van der Waals surface area (Å²) in [5.41, 5.74) is 3.60. The second-order valence-corrected chi connectivity index (χ2v) is 6.00. The Labute approximate surface area is 141 Å². The van der Waals surface area contributed by atoms with Crippen LogP contribution in [0.1, 0.15) is 18.3 Å². The van der Waals surface area contributed by atoms with Crippen LogP contribution in [0.25, 0.3) is 22.3 Å². The summed E-state index contributed by atoms with van der Waals surface area (Å²) in [5, 5.41) is 5.82. The molecule has 0 unspecified atom stereocenters. The van der Waals surface area contributed by atoms with Crippen LogP contribution < -0.4 is 0 Å². The van der Waals surface area contributed by atoms with Crippen molar-refractivity contribution in [2.24, 2.45) is 0 Å². The van der Waals surface area contributed by atoms with Gasteiger partial charge in [0.2, 0.25) is 0 Å². The Bertz CT molecular complexity index is 976. The number of benzene rings is 2. The van der Waals surface area contributed by atoms with Crippen molar-refractivity contribution in [2.45, 2.75) is 26.9 Å². The number of aryl methyl sites for hydroxylation is 2. The lowest BCUT2D eigenvalue weighted by Gasteiger charge is -2.06. The Morgan fingerprint density at radius 2 is 1.75 bits per heavy atom. The highest BCUT2D eigenvalue weighted by Gasteiger charge is 2.07. The van der Waals surface area contributed by atoms with E-state index in [1.165, 1.54) is 16.5 Å². The monoisotopic (exact) mass is 316 g/mol. The second kappa shape index (κ2) is 5.96. The molecule has 24 heavy (non-hydrogen) atoms. The van der Waals surface area contributed by atoms with E-state index < -0.39 is 0 Å². The van der Waals surface area contributed by atoms with Crippen molar-refractivity contribution in [1.29, 1.82) is 0 Å². The van der Waals surface area contributed by atoms with E-state index in [9.17, 15) is 0 Å². The van der Waals surface area contributed by atoms with Crippen LogP contribution in [-0.4, -0.2) is 19.3 Å². The van der Waals surface area contributed by atoms with Crippen LogP contribution in [0, 0.1) is 6.92 Å². The predicted octanol–water partition coefficient (Wildman–Crippen LogP) is 4.28. The van der Waals surface area contributed by atoms with Gasteiger partial charge in [0.1, 0.15) is 5.82 Å². The first-order valence-corrected chi connectivity index (χ1v) is 8.29. The van der Waals surface area contributed by atoms with Crippen molar-refractivity contribution in [3.63, 3.8) is 0 Å². The third-order valence-electron chi connectivity index (χ3n) is 4.40. The molecule has 120 valence electrons. The number of hydrogen-bond donors (Lipinski definition) is 0. The molecule has 4 nitrogen and oxygen atoms in total. The van der Waals surface area contributed by atoms with Crippen LogP contribution in [0.3, 0.4) is 0 Å². The third kappa shape index (κ3) is 2.60. The van der Waals surface area contributed by atoms with E-state index in [1.54, 1.807) is 0 Å². The van der Waals surface area contributed by atoms with Crippen LogP contribution in [0.4, 0.5) is 0 Å². The summed E-state index contributed by atoms with van der Waals surface area (Å²) < 4.78 is 4.20. The molecule has 0 atom stereocenters. The van der Waals surface area contributed by atoms with Crippen molar-refractivity contribution in [2.75, 3.05) is 0 Å². The number of aromatic nitrogens is 4. The van der Waals surface area contributed by atoms with Crippen molar-refractivity contribution in [3.8, 4) is 11.4 Å². The van der Waals surface area contributed by atoms with Crippen LogP contribution in [0.5, 0.6) is 0 Å². The lowest BCUT2D eigenvalue weighted by molar-refractivity contribution is 0.637. The molecule has 0 N–H and O–H groups in total. The van der Waals surface area contributed by atoms with E-state index in [0.717, 1.165) is 30.3 Å². The van der Waals surface area contributed by atoms with Gasteiger partial charge in [-0.25, -0.2) is 4.98 Å². The molecule has 4 heteroatoms. The van der Waals surface area contributed by atoms with Gasteiger partial charge >= 0.3 is 0 Å². The maximum atomic E-state index is 4.55. The highest BCUT2D eigenvalue weighted by atomic mass is 15.3. The number of fused-ring (bicyclic) bond motifs is 1. The third-order valence-corrected chi connectivity index (χ3v) is 4.40. The molecule has 4 rings (SSSR count). The topological polar surface area (TPSA) is 35.6 Å². The van der Waals surface area contributed by atoms with Gasteiger partial charge in [0, 0.05) is 30.4 Å². The van der Waals surface area contributed by atoms with E-state index in [0.29, 0.717) is 0 Å². The zero-order valence-corrected chi connectivity index (χ0v) is 14.0. The molecule has 0 aliphatic carbocycles. The van der Waals surface area contributed by atoms with Crippen molar-refractivity contribution in [1.82, 2.24) is 19.3 Å². The lowest BCUT2D eigenvalue weighted by atomic mass is 10.1. The Morgan fingerprint density at radius 3 is 2.50 bits per heavy atom. The van der Waals surface area contributed by atoms with Crippen LogP contribution in [0.2, 0.25) is 0 Å². The van der Waals surface area contributed by atoms with Crippen molar-refractivity contribution < 1.29 is 0 Å². The molecule has 0 saturated heterocycles. The summed E-state index contributed by atoms with van der Waals surface area (Å²) in [5.74, 6) is 1.75. The first-order valence-electron chi connectivity index (χ1n) is 8.29. The van der Waals surface area contributed by atoms with E-state index >= 15 is 0 Å². The summed E-state index contributed by atoms with van der Waals surface area (Å²) in [4.78, 5) is 4.54. The van der Waals surface area contributed by atoms with E-state index in [4.69, 9.17) is 0 Å². The standard InChI is InChI=1S/C20H20N4/c1-3-24-15(2)21-20(22-24)18-10-8-16(9-11-18)14-23-13-12-17-6-4-5-7-19(17)23/h4-13H,3,14H2,1-2H3. The van der Waals surface area contributed by atoms with Gasteiger partial charge in [0.05, 0.1) is 0 Å². The number of rotatable bonds is 4. The van der Waals surface area contributed by atoms with Crippen molar-refractivity contribution in [3.05, 3.63) is 72.2 Å². The van der Waals surface area contributed by atoms with Gasteiger partial charge in [-0.05, 0) is 36.9 Å². The molecule has 2 aromatic heterocycles. The molecule has 0 spiro atoms. The molecule has 0 aliphatic heterocycles. The van der Waals surface area contributed by atoms with Crippen LogP contribution in [0.15, 0.2) is 60.8 Å². The van der Waals surface area contributed by atoms with Gasteiger partial charge in [-0.3, -0.25) is 4.68 Å². The smallest absolute Gasteiger partial charge is 0.181 e. The fraction of sp³-hybridized carbons (Fsp3) is 0.200. The molecule has 2 heterocycles. The quantitative estimate of drug-likeness (QED) is 0.563. The average molecular weight is 316 g/mol. The highest BCUT2D eigenvalue weighted by molar-refractivity contribution is 5.80. The van der Waals surface area contributed by atoms with Gasteiger partial charge in [-0.1, -0.05) is 42.5 Å². The summed E-state index contributed by atoms with van der Waals surface area (Å²) in [6.45, 7) is 5.78. The first kappa shape index (κ1) is 14.7. The molecule has 0 amide bonds. The van der Waals surface area contributed by atoms with Gasteiger partial charge in [0.25, 0.3) is 0 Å². The normalized spacial score (nSPS) is 11.2. The lowest BCUT2D eigenvalue weighted by Crippen LogP contribution is -1.99. The number of hydrogen-bond acceptors (Lipinski definition) is 2. The largest absolute Gasteiger partial charge is 0.343 e. The van der Waals surface area contributed by atoms with Gasteiger partial charge in [-0.2, -0.15) is 5.10 Å². The molecule has 0 bridgehead atoms. The zero-order valence-electron chi connectivity index (χ0n) is 14.0. The summed E-state index contributed by atoms with van der Waals surface area (Å²) in [6, 6.07) is 19.2. The SMILES string of the molecule is CCn1nc(-c2ccc(Cn3ccc4ccccc43)cc2)nc1C. The van der Waals surface area contributed by atoms with Crippen LogP contribution in [-0.2, 0) is 13.1 Å². The minimum Gasteiger partial charge on any atom is -0.343 e. The fourth-order valence-corrected chi connectivity index (χ4v) is 3.08. The minimum absolute atomic E-state index is 0.798. The molecule has 2 aromatic carbocycles. The Hall–Kier alpha value is -2.88. The maximum Gasteiger partial charge on any atom is 0.181 e. The van der Waals surface area contributed by atoms with Crippen molar-refractivity contribution >= 4 is 10.9 Å². The first-order chi connectivity index (χ1) is 11.7. The maximum absolute atomic E-state index is 4.55. The molecule has 0 radical (unpaired) electrons. The molecule has 0 fully saturated rings.